The van der Waals surface area contributed by atoms with Gasteiger partial charge >= 0.3 is 12.1 Å². The van der Waals surface area contributed by atoms with Crippen molar-refractivity contribution in [1.82, 2.24) is 15.1 Å². The number of aryl methyl sites for hydroxylation is 2. The monoisotopic (exact) mass is 518 g/mol. The molecule has 0 aliphatic heterocycles. The van der Waals surface area contributed by atoms with Gasteiger partial charge in [0.25, 0.3) is 5.89 Å². The number of aliphatic carboxylic acids is 1. The minimum atomic E-state index is -4.58. The number of nitrogens with one attached hydrogen (secondary N) is 1. The zero-order valence-corrected chi connectivity index (χ0v) is 20.1. The molecule has 36 heavy (non-hydrogen) atoms. The zero-order chi connectivity index (χ0) is 25.2. The number of nitrogens with zero attached hydrogens (tertiary/aromatic N) is 3. The van der Waals surface area contributed by atoms with Gasteiger partial charge in [-0.05, 0) is 54.3 Å². The van der Waals surface area contributed by atoms with Crippen LogP contribution in [0.25, 0.3) is 34.0 Å². The van der Waals surface area contributed by atoms with Gasteiger partial charge < -0.3 is 14.9 Å². The number of carbonyl (C=O) groups is 1. The highest BCUT2D eigenvalue weighted by molar-refractivity contribution is 5.85. The zero-order valence-electron chi connectivity index (χ0n) is 19.3. The van der Waals surface area contributed by atoms with Crippen molar-refractivity contribution in [2.45, 2.75) is 26.4 Å². The molecule has 2 heterocycles. The van der Waals surface area contributed by atoms with Crippen LogP contribution in [-0.2, 0) is 11.0 Å². The standard InChI is InChI=1S/C25H21F3N4O3.ClH/c1-14-5-3-4-6-18(14)19-8-7-16(12-20(19)25(26,27)28)24-31-23(32-35-24)17-11-15(2)22(30-13-17)29-10-9-21(33)34;/h3-8,11-13H,9-10H2,1-2H3,(H,29,30)(H,33,34);1H. The number of hydrogen-bond donors (Lipinski definition) is 2. The molecule has 11 heteroatoms. The van der Waals surface area contributed by atoms with Gasteiger partial charge in [0.05, 0.1) is 12.0 Å². The Labute approximate surface area is 210 Å². The van der Waals surface area contributed by atoms with E-state index in [0.717, 1.165) is 17.2 Å². The van der Waals surface area contributed by atoms with Crippen LogP contribution in [0.5, 0.6) is 0 Å². The second kappa shape index (κ2) is 10.8. The third-order valence-electron chi connectivity index (χ3n) is 5.40. The molecule has 0 radical (unpaired) electrons. The molecule has 4 rings (SSSR count). The van der Waals surface area contributed by atoms with Crippen molar-refractivity contribution in [2.75, 3.05) is 11.9 Å². The molecule has 2 aromatic carbocycles. The van der Waals surface area contributed by atoms with Crippen molar-refractivity contribution in [3.05, 3.63) is 71.4 Å². The van der Waals surface area contributed by atoms with Gasteiger partial charge in [0.15, 0.2) is 0 Å². The summed E-state index contributed by atoms with van der Waals surface area (Å²) >= 11 is 0. The number of benzene rings is 2. The van der Waals surface area contributed by atoms with E-state index in [-0.39, 0.29) is 48.2 Å². The van der Waals surface area contributed by atoms with Gasteiger partial charge in [-0.3, -0.25) is 4.79 Å². The molecule has 0 bridgehead atoms. The lowest BCUT2D eigenvalue weighted by Crippen LogP contribution is -2.09. The number of carboxylic acid groups (broad SMARTS) is 1. The number of rotatable bonds is 7. The SMILES string of the molecule is Cc1ccccc1-c1ccc(-c2nc(-c3cnc(NCCC(=O)O)c(C)c3)no2)cc1C(F)(F)F.Cl. The number of alkyl halides is 3. The molecule has 188 valence electrons. The topological polar surface area (TPSA) is 101 Å². The summed E-state index contributed by atoms with van der Waals surface area (Å²) in [5.41, 5.74) is 1.88. The summed E-state index contributed by atoms with van der Waals surface area (Å²) in [5.74, 6) is -0.292. The Kier molecular flexibility index (Phi) is 7.99. The Morgan fingerprint density at radius 1 is 1.03 bits per heavy atom. The van der Waals surface area contributed by atoms with E-state index in [9.17, 15) is 18.0 Å². The average molecular weight is 519 g/mol. The number of halogens is 4. The van der Waals surface area contributed by atoms with Crippen LogP contribution >= 0.6 is 12.4 Å². The maximum atomic E-state index is 13.9. The van der Waals surface area contributed by atoms with Gasteiger partial charge in [0.2, 0.25) is 5.82 Å². The van der Waals surface area contributed by atoms with Crippen molar-refractivity contribution in [3.8, 4) is 34.0 Å². The Balaban J connectivity index is 0.00000361. The lowest BCUT2D eigenvalue weighted by Gasteiger charge is -2.15. The maximum Gasteiger partial charge on any atom is 0.417 e. The lowest BCUT2D eigenvalue weighted by atomic mass is 9.94. The van der Waals surface area contributed by atoms with E-state index in [2.05, 4.69) is 20.4 Å². The molecule has 0 amide bonds. The summed E-state index contributed by atoms with van der Waals surface area (Å²) < 4.78 is 47.1. The minimum absolute atomic E-state index is 0. The first-order valence-electron chi connectivity index (χ1n) is 10.7. The summed E-state index contributed by atoms with van der Waals surface area (Å²) in [6.45, 7) is 3.76. The molecular formula is C25H22ClF3N4O3. The molecule has 2 N–H and O–H groups in total. The third kappa shape index (κ3) is 5.83. The molecule has 4 aromatic rings. The Morgan fingerprint density at radius 2 is 1.78 bits per heavy atom. The van der Waals surface area contributed by atoms with Crippen LogP contribution < -0.4 is 5.32 Å². The average Bonchev–Trinajstić information content (AvgIpc) is 3.30. The predicted molar refractivity (Wildman–Crippen MR) is 131 cm³/mol. The second-order valence-corrected chi connectivity index (χ2v) is 7.96. The molecule has 7 nitrogen and oxygen atoms in total. The summed E-state index contributed by atoms with van der Waals surface area (Å²) in [5, 5.41) is 15.6. The van der Waals surface area contributed by atoms with Gasteiger partial charge in [-0.15, -0.1) is 12.4 Å². The number of anilines is 1. The summed E-state index contributed by atoms with van der Waals surface area (Å²) in [6, 6.07) is 12.6. The van der Waals surface area contributed by atoms with Gasteiger partial charge in [0.1, 0.15) is 5.82 Å². The van der Waals surface area contributed by atoms with Gasteiger partial charge in [-0.25, -0.2) is 4.98 Å². The van der Waals surface area contributed by atoms with E-state index >= 15 is 0 Å². The van der Waals surface area contributed by atoms with Gasteiger partial charge in [-0.1, -0.05) is 35.5 Å². The van der Waals surface area contributed by atoms with Crippen molar-refractivity contribution >= 4 is 24.2 Å². The summed E-state index contributed by atoms with van der Waals surface area (Å²) in [6.07, 6.45) is -3.16. The van der Waals surface area contributed by atoms with E-state index in [1.54, 1.807) is 44.2 Å². The second-order valence-electron chi connectivity index (χ2n) is 7.96. The fraction of sp³-hybridized carbons (Fsp3) is 0.200. The van der Waals surface area contributed by atoms with Crippen molar-refractivity contribution < 1.29 is 27.6 Å². The van der Waals surface area contributed by atoms with Crippen LogP contribution in [0, 0.1) is 13.8 Å². The van der Waals surface area contributed by atoms with Crippen LogP contribution in [0.3, 0.4) is 0 Å². The van der Waals surface area contributed by atoms with Crippen LogP contribution in [-0.4, -0.2) is 32.7 Å². The molecule has 0 aliphatic rings. The lowest BCUT2D eigenvalue weighted by molar-refractivity contribution is -0.137. The van der Waals surface area contributed by atoms with Crippen LogP contribution in [0.15, 0.2) is 59.3 Å². The Bertz CT molecular complexity index is 1390. The molecule has 0 fully saturated rings. The Morgan fingerprint density at radius 3 is 2.44 bits per heavy atom. The minimum Gasteiger partial charge on any atom is -0.481 e. The fourth-order valence-electron chi connectivity index (χ4n) is 3.65. The van der Waals surface area contributed by atoms with Crippen LogP contribution in [0.1, 0.15) is 23.1 Å². The summed E-state index contributed by atoms with van der Waals surface area (Å²) in [7, 11) is 0. The highest BCUT2D eigenvalue weighted by Gasteiger charge is 2.34. The number of aromatic nitrogens is 3. The first-order valence-corrected chi connectivity index (χ1v) is 10.7. The molecule has 0 saturated carbocycles. The maximum absolute atomic E-state index is 13.9. The highest BCUT2D eigenvalue weighted by Crippen LogP contribution is 2.40. The van der Waals surface area contributed by atoms with Crippen LogP contribution in [0.4, 0.5) is 19.0 Å². The molecule has 0 unspecified atom stereocenters. The predicted octanol–water partition coefficient (Wildman–Crippen LogP) is 6.41. The quantitative estimate of drug-likeness (QED) is 0.291. The van der Waals surface area contributed by atoms with E-state index in [0.29, 0.717) is 16.9 Å². The number of hydrogen-bond acceptors (Lipinski definition) is 6. The molecule has 2 aromatic heterocycles. The van der Waals surface area contributed by atoms with Crippen molar-refractivity contribution in [2.24, 2.45) is 0 Å². The molecule has 0 saturated heterocycles. The van der Waals surface area contributed by atoms with Crippen molar-refractivity contribution in [1.29, 1.82) is 0 Å². The first kappa shape index (κ1) is 26.7. The van der Waals surface area contributed by atoms with E-state index in [1.807, 2.05) is 0 Å². The fourth-order valence-corrected chi connectivity index (χ4v) is 3.65. The molecular weight excluding hydrogens is 497 g/mol. The van der Waals surface area contributed by atoms with E-state index < -0.39 is 17.7 Å². The summed E-state index contributed by atoms with van der Waals surface area (Å²) in [4.78, 5) is 19.2. The van der Waals surface area contributed by atoms with Crippen LogP contribution in [0.2, 0.25) is 0 Å². The third-order valence-corrected chi connectivity index (χ3v) is 5.40. The van der Waals surface area contributed by atoms with Gasteiger partial charge in [0, 0.05) is 23.9 Å². The smallest absolute Gasteiger partial charge is 0.417 e. The molecule has 0 atom stereocenters. The molecule has 0 spiro atoms. The number of pyridine rings is 1. The highest BCUT2D eigenvalue weighted by atomic mass is 35.5. The largest absolute Gasteiger partial charge is 0.481 e. The molecule has 0 aliphatic carbocycles. The Hall–Kier alpha value is -3.92. The van der Waals surface area contributed by atoms with Crippen molar-refractivity contribution in [3.63, 3.8) is 0 Å². The number of carboxylic acids is 1. The van der Waals surface area contributed by atoms with E-state index in [1.165, 1.54) is 18.3 Å². The first-order chi connectivity index (χ1) is 16.6. The normalized spacial score (nSPS) is 11.1. The van der Waals surface area contributed by atoms with E-state index in [4.69, 9.17) is 9.63 Å². The van der Waals surface area contributed by atoms with Gasteiger partial charge in [-0.2, -0.15) is 18.2 Å².